The van der Waals surface area contributed by atoms with Crippen LogP contribution in [0.15, 0.2) is 24.5 Å². The Morgan fingerprint density at radius 1 is 1.04 bits per heavy atom. The quantitative estimate of drug-likeness (QED) is 0.579. The molecule has 0 saturated carbocycles. The number of rotatable bonds is 6. The second kappa shape index (κ2) is 6.91. The molecule has 6 nitrogen and oxygen atoms in total. The number of pyridine rings is 1. The Morgan fingerprint density at radius 3 is 2.17 bits per heavy atom. The van der Waals surface area contributed by atoms with Crippen molar-refractivity contribution in [3.63, 3.8) is 0 Å². The van der Waals surface area contributed by atoms with Gasteiger partial charge in [0.15, 0.2) is 5.75 Å². The molecule has 0 spiro atoms. The third kappa shape index (κ3) is 3.77. The van der Waals surface area contributed by atoms with Crippen LogP contribution in [0.4, 0.5) is 13.2 Å². The SMILES string of the molecule is COCc1cc2cncc(OS(=O)(=O)C(F)(F)F)c2cc1COC. The van der Waals surface area contributed by atoms with Crippen LogP contribution in [-0.4, -0.2) is 33.1 Å². The minimum atomic E-state index is -5.78. The monoisotopic (exact) mass is 365 g/mol. The first-order valence-corrected chi connectivity index (χ1v) is 7.98. The number of hydrogen-bond acceptors (Lipinski definition) is 6. The number of hydrogen-bond donors (Lipinski definition) is 0. The molecule has 1 aromatic heterocycles. The van der Waals surface area contributed by atoms with Gasteiger partial charge in [-0.05, 0) is 23.3 Å². The standard InChI is InChI=1S/C14H14F3NO5S/c1-21-7-10-3-9-5-18-6-13(12(9)4-11(10)8-22-2)23-24(19,20)14(15,16)17/h3-6H,7-8H2,1-2H3. The van der Waals surface area contributed by atoms with Crippen molar-refractivity contribution in [1.29, 1.82) is 0 Å². The van der Waals surface area contributed by atoms with E-state index in [9.17, 15) is 21.6 Å². The van der Waals surface area contributed by atoms with E-state index in [1.807, 2.05) is 0 Å². The third-order valence-corrected chi connectivity index (χ3v) is 4.09. The first-order valence-electron chi connectivity index (χ1n) is 6.57. The first kappa shape index (κ1) is 18.4. The summed E-state index contributed by atoms with van der Waals surface area (Å²) in [4.78, 5) is 3.73. The summed E-state index contributed by atoms with van der Waals surface area (Å²) in [7, 11) is -2.83. The molecule has 10 heteroatoms. The summed E-state index contributed by atoms with van der Waals surface area (Å²) in [6, 6.07) is 3.13. The number of alkyl halides is 3. The molecule has 0 radical (unpaired) electrons. The molecule has 1 heterocycles. The van der Waals surface area contributed by atoms with Gasteiger partial charge in [0.2, 0.25) is 0 Å². The van der Waals surface area contributed by atoms with E-state index in [1.165, 1.54) is 26.5 Å². The summed E-state index contributed by atoms with van der Waals surface area (Å²) in [6.07, 6.45) is 2.30. The lowest BCUT2D eigenvalue weighted by Crippen LogP contribution is -2.28. The fraction of sp³-hybridized carbons (Fsp3) is 0.357. The number of methoxy groups -OCH3 is 2. The average Bonchev–Trinajstić information content (AvgIpc) is 2.47. The zero-order valence-electron chi connectivity index (χ0n) is 12.8. The molecule has 0 bridgehead atoms. The Hall–Kier alpha value is -1.91. The Morgan fingerprint density at radius 2 is 1.62 bits per heavy atom. The van der Waals surface area contributed by atoms with Crippen LogP contribution in [0.5, 0.6) is 5.75 Å². The molecule has 0 unspecified atom stereocenters. The zero-order valence-corrected chi connectivity index (χ0v) is 13.6. The maximum Gasteiger partial charge on any atom is 0.534 e. The number of nitrogens with zero attached hydrogens (tertiary/aromatic N) is 1. The van der Waals surface area contributed by atoms with E-state index < -0.39 is 21.4 Å². The molecule has 0 aliphatic heterocycles. The van der Waals surface area contributed by atoms with Crippen molar-refractivity contribution < 1.29 is 35.2 Å². The van der Waals surface area contributed by atoms with Gasteiger partial charge in [-0.15, -0.1) is 0 Å². The van der Waals surface area contributed by atoms with Gasteiger partial charge in [0.25, 0.3) is 0 Å². The van der Waals surface area contributed by atoms with E-state index in [2.05, 4.69) is 9.17 Å². The van der Waals surface area contributed by atoms with Gasteiger partial charge in [0.1, 0.15) is 0 Å². The lowest BCUT2D eigenvalue weighted by molar-refractivity contribution is -0.0499. The topological polar surface area (TPSA) is 74.7 Å². The first-order chi connectivity index (χ1) is 11.2. The van der Waals surface area contributed by atoms with Crippen LogP contribution in [0.25, 0.3) is 10.8 Å². The van der Waals surface area contributed by atoms with Gasteiger partial charge in [-0.3, -0.25) is 4.98 Å². The number of benzene rings is 1. The third-order valence-electron chi connectivity index (χ3n) is 3.13. The molecular formula is C14H14F3NO5S. The Bertz CT molecular complexity index is 836. The number of halogens is 3. The molecule has 0 N–H and O–H groups in total. The van der Waals surface area contributed by atoms with E-state index in [4.69, 9.17) is 9.47 Å². The van der Waals surface area contributed by atoms with Crippen molar-refractivity contribution in [2.75, 3.05) is 14.2 Å². The summed E-state index contributed by atoms with van der Waals surface area (Å²) >= 11 is 0. The molecule has 0 aliphatic carbocycles. The van der Waals surface area contributed by atoms with Crippen molar-refractivity contribution in [3.05, 3.63) is 35.7 Å². The lowest BCUT2D eigenvalue weighted by Gasteiger charge is -2.14. The van der Waals surface area contributed by atoms with Gasteiger partial charge in [0.05, 0.1) is 19.4 Å². The lowest BCUT2D eigenvalue weighted by atomic mass is 10.0. The van der Waals surface area contributed by atoms with Crippen LogP contribution in [0.2, 0.25) is 0 Å². The summed E-state index contributed by atoms with van der Waals surface area (Å²) in [5.74, 6) is -0.508. The van der Waals surface area contributed by atoms with Crippen LogP contribution in [0, 0.1) is 0 Å². The van der Waals surface area contributed by atoms with Crippen LogP contribution in [-0.2, 0) is 32.8 Å². The predicted octanol–water partition coefficient (Wildman–Crippen LogP) is 2.76. The highest BCUT2D eigenvalue weighted by Gasteiger charge is 2.48. The smallest absolute Gasteiger partial charge is 0.380 e. The molecule has 0 fully saturated rings. The molecule has 24 heavy (non-hydrogen) atoms. The van der Waals surface area contributed by atoms with Crippen molar-refractivity contribution in [1.82, 2.24) is 4.98 Å². The fourth-order valence-electron chi connectivity index (χ4n) is 2.10. The maximum absolute atomic E-state index is 12.5. The fourth-order valence-corrected chi connectivity index (χ4v) is 2.56. The summed E-state index contributed by atoms with van der Waals surface area (Å²) < 4.78 is 74.3. The number of ether oxygens (including phenoxy) is 2. The summed E-state index contributed by atoms with van der Waals surface area (Å²) in [5, 5.41) is 0.585. The summed E-state index contributed by atoms with van der Waals surface area (Å²) in [6.45, 7) is 0.420. The van der Waals surface area contributed by atoms with E-state index in [-0.39, 0.29) is 18.6 Å². The predicted molar refractivity (Wildman–Crippen MR) is 78.8 cm³/mol. The molecule has 2 rings (SSSR count). The Balaban J connectivity index is 2.58. The highest BCUT2D eigenvalue weighted by atomic mass is 32.2. The molecule has 0 amide bonds. The van der Waals surface area contributed by atoms with Crippen LogP contribution >= 0.6 is 0 Å². The van der Waals surface area contributed by atoms with Crippen molar-refractivity contribution in [2.24, 2.45) is 0 Å². The Kier molecular flexibility index (Phi) is 5.31. The van der Waals surface area contributed by atoms with Gasteiger partial charge >= 0.3 is 15.6 Å². The number of fused-ring (bicyclic) bond motifs is 1. The zero-order chi connectivity index (χ0) is 18.0. The minimum absolute atomic E-state index is 0.169. The van der Waals surface area contributed by atoms with Crippen LogP contribution < -0.4 is 4.18 Å². The normalized spacial score (nSPS) is 12.5. The van der Waals surface area contributed by atoms with Crippen LogP contribution in [0.1, 0.15) is 11.1 Å². The average molecular weight is 365 g/mol. The van der Waals surface area contributed by atoms with Crippen LogP contribution in [0.3, 0.4) is 0 Å². The second-order valence-electron chi connectivity index (χ2n) is 4.83. The molecule has 0 saturated heterocycles. The molecule has 1 aromatic carbocycles. The molecular weight excluding hydrogens is 351 g/mol. The minimum Gasteiger partial charge on any atom is -0.380 e. The van der Waals surface area contributed by atoms with Gasteiger partial charge in [-0.1, -0.05) is 0 Å². The summed E-state index contributed by atoms with van der Waals surface area (Å²) in [5.41, 5.74) is -4.16. The van der Waals surface area contributed by atoms with Gasteiger partial charge in [-0.25, -0.2) is 0 Å². The Labute approximate surface area is 136 Å². The highest BCUT2D eigenvalue weighted by Crippen LogP contribution is 2.32. The van der Waals surface area contributed by atoms with E-state index in [0.717, 1.165) is 11.8 Å². The van der Waals surface area contributed by atoms with Crippen molar-refractivity contribution >= 4 is 20.9 Å². The van der Waals surface area contributed by atoms with Gasteiger partial charge < -0.3 is 13.7 Å². The van der Waals surface area contributed by atoms with Gasteiger partial charge in [-0.2, -0.15) is 21.6 Å². The highest BCUT2D eigenvalue weighted by molar-refractivity contribution is 7.88. The van der Waals surface area contributed by atoms with E-state index in [0.29, 0.717) is 10.9 Å². The maximum atomic E-state index is 12.5. The van der Waals surface area contributed by atoms with Crippen molar-refractivity contribution in [3.8, 4) is 5.75 Å². The van der Waals surface area contributed by atoms with Gasteiger partial charge in [0, 0.05) is 31.2 Å². The van der Waals surface area contributed by atoms with E-state index in [1.54, 1.807) is 6.07 Å². The molecule has 2 aromatic rings. The molecule has 0 atom stereocenters. The largest absolute Gasteiger partial charge is 0.534 e. The second-order valence-corrected chi connectivity index (χ2v) is 6.37. The molecule has 0 aliphatic rings. The van der Waals surface area contributed by atoms with Crippen molar-refractivity contribution in [2.45, 2.75) is 18.7 Å². The molecule has 132 valence electrons. The number of aromatic nitrogens is 1. The van der Waals surface area contributed by atoms with E-state index >= 15 is 0 Å².